The van der Waals surface area contributed by atoms with E-state index in [0.717, 1.165) is 4.90 Å². The van der Waals surface area contributed by atoms with Crippen LogP contribution >= 0.6 is 11.6 Å². The summed E-state index contributed by atoms with van der Waals surface area (Å²) < 4.78 is 11.3. The second kappa shape index (κ2) is 7.27. The van der Waals surface area contributed by atoms with E-state index in [4.69, 9.17) is 28.9 Å². The number of anilines is 1. The Labute approximate surface area is 191 Å². The van der Waals surface area contributed by atoms with E-state index in [1.807, 2.05) is 0 Å². The molecular weight excluding hydrogens is 431 g/mol. The van der Waals surface area contributed by atoms with Gasteiger partial charge >= 0.3 is 12.0 Å². The molecule has 32 heavy (non-hydrogen) atoms. The maximum atomic E-state index is 13.8. The summed E-state index contributed by atoms with van der Waals surface area (Å²) in [6, 6.07) is 10.6. The Morgan fingerprint density at radius 2 is 1.97 bits per heavy atom. The highest BCUT2D eigenvalue weighted by Gasteiger charge is 2.72. The number of benzene rings is 2. The molecule has 5 rings (SSSR count). The molecule has 2 aromatic rings. The van der Waals surface area contributed by atoms with Crippen LogP contribution in [0.3, 0.4) is 0 Å². The quantitative estimate of drug-likeness (QED) is 0.408. The molecule has 0 saturated carbocycles. The monoisotopic (exact) mass is 450 g/mol. The second-order valence-electron chi connectivity index (χ2n) is 8.36. The molecule has 0 spiro atoms. The van der Waals surface area contributed by atoms with Gasteiger partial charge in [0.1, 0.15) is 19.1 Å². The number of carbonyl (C=O) groups is 3. The van der Waals surface area contributed by atoms with Gasteiger partial charge in [0.15, 0.2) is 0 Å². The van der Waals surface area contributed by atoms with Crippen LogP contribution in [-0.4, -0.2) is 49.4 Å². The molecule has 0 unspecified atom stereocenters. The molecule has 3 aliphatic heterocycles. The molecule has 4 atom stereocenters. The van der Waals surface area contributed by atoms with Gasteiger partial charge in [0.25, 0.3) is 5.91 Å². The lowest BCUT2D eigenvalue weighted by atomic mass is 9.77. The van der Waals surface area contributed by atoms with Crippen molar-refractivity contribution in [2.75, 3.05) is 18.1 Å². The molecule has 162 valence electrons. The number of amides is 3. The van der Waals surface area contributed by atoms with Crippen LogP contribution in [0, 0.1) is 11.8 Å². The Kier molecular flexibility index (Phi) is 4.74. The Balaban J connectivity index is 1.69. The SMILES string of the molecule is [B]c1ccc2c(c1)[C@@H]1[C@H](CO2)[C@@H](C(=O)OCC)[C@]2(C)C(=O)N(c3ccc(Cl)cc3)C(=O)N12. The molecule has 3 heterocycles. The van der Waals surface area contributed by atoms with E-state index < -0.39 is 41.3 Å². The second-order valence-corrected chi connectivity index (χ2v) is 8.80. The molecule has 2 fully saturated rings. The molecule has 9 heteroatoms. The van der Waals surface area contributed by atoms with Crippen molar-refractivity contribution in [1.82, 2.24) is 4.90 Å². The number of imide groups is 1. The topological polar surface area (TPSA) is 76.1 Å². The van der Waals surface area contributed by atoms with Crippen molar-refractivity contribution in [2.45, 2.75) is 25.4 Å². The summed E-state index contributed by atoms with van der Waals surface area (Å²) >= 11 is 5.99. The van der Waals surface area contributed by atoms with Crippen LogP contribution in [0.2, 0.25) is 5.02 Å². The molecule has 0 N–H and O–H groups in total. The number of nitrogens with zero attached hydrogens (tertiary/aromatic N) is 2. The van der Waals surface area contributed by atoms with E-state index >= 15 is 0 Å². The van der Waals surface area contributed by atoms with Crippen LogP contribution in [0.4, 0.5) is 10.5 Å². The number of hydrogen-bond acceptors (Lipinski definition) is 5. The number of ether oxygens (including phenoxy) is 2. The summed E-state index contributed by atoms with van der Waals surface area (Å²) in [6.45, 7) is 3.68. The minimum Gasteiger partial charge on any atom is -0.493 e. The number of esters is 1. The van der Waals surface area contributed by atoms with Crippen molar-refractivity contribution < 1.29 is 23.9 Å². The number of carbonyl (C=O) groups excluding carboxylic acids is 3. The lowest BCUT2D eigenvalue weighted by Crippen LogP contribution is -2.51. The molecular formula is C23H20BClN2O5. The zero-order valence-corrected chi connectivity index (χ0v) is 18.3. The van der Waals surface area contributed by atoms with Crippen molar-refractivity contribution in [3.8, 4) is 5.75 Å². The highest BCUT2D eigenvalue weighted by atomic mass is 35.5. The van der Waals surface area contributed by atoms with Crippen LogP contribution in [0.25, 0.3) is 0 Å². The standard InChI is InChI=1S/C23H20BClN2O5/c1-3-31-20(28)18-16-11-32-17-9-4-12(24)10-15(17)19(16)27-22(30)26(21(29)23(18,27)2)14-7-5-13(25)6-8-14/h4-10,16,18-19H,3,11H2,1-2H3/t16-,18+,19-,23-/m1/s1. The van der Waals surface area contributed by atoms with E-state index in [9.17, 15) is 14.4 Å². The number of rotatable bonds is 3. The first kappa shape index (κ1) is 20.9. The molecule has 0 bridgehead atoms. The van der Waals surface area contributed by atoms with Gasteiger partial charge < -0.3 is 14.4 Å². The van der Waals surface area contributed by atoms with E-state index in [2.05, 4.69) is 0 Å². The lowest BCUT2D eigenvalue weighted by Gasteiger charge is -2.34. The van der Waals surface area contributed by atoms with Crippen molar-refractivity contribution in [3.05, 3.63) is 53.1 Å². The molecule has 7 nitrogen and oxygen atoms in total. The summed E-state index contributed by atoms with van der Waals surface area (Å²) in [5.41, 5.74) is 0.132. The first-order valence-corrected chi connectivity index (χ1v) is 10.8. The van der Waals surface area contributed by atoms with Crippen LogP contribution in [0.1, 0.15) is 25.5 Å². The third-order valence-electron chi connectivity index (χ3n) is 6.66. The largest absolute Gasteiger partial charge is 0.493 e. The fourth-order valence-electron chi connectivity index (χ4n) is 5.33. The first-order valence-electron chi connectivity index (χ1n) is 10.4. The van der Waals surface area contributed by atoms with Crippen LogP contribution in [0.5, 0.6) is 5.75 Å². The van der Waals surface area contributed by atoms with E-state index in [-0.39, 0.29) is 13.2 Å². The van der Waals surface area contributed by atoms with Gasteiger partial charge in [-0.2, -0.15) is 0 Å². The molecule has 2 radical (unpaired) electrons. The number of urea groups is 1. The van der Waals surface area contributed by atoms with Gasteiger partial charge in [0, 0.05) is 16.5 Å². The highest BCUT2D eigenvalue weighted by Crippen LogP contribution is 2.58. The Hall–Kier alpha value is -3.00. The molecule has 0 aromatic heterocycles. The molecule has 3 amide bonds. The zero-order chi connectivity index (χ0) is 22.8. The van der Waals surface area contributed by atoms with Crippen LogP contribution < -0.4 is 15.1 Å². The molecule has 2 saturated heterocycles. The molecule has 3 aliphatic rings. The van der Waals surface area contributed by atoms with E-state index in [1.54, 1.807) is 56.3 Å². The Morgan fingerprint density at radius 3 is 2.66 bits per heavy atom. The highest BCUT2D eigenvalue weighted by molar-refractivity contribution is 6.32. The number of fused-ring (bicyclic) bond motifs is 5. The van der Waals surface area contributed by atoms with E-state index in [1.165, 1.54) is 4.90 Å². The minimum absolute atomic E-state index is 0.163. The fourth-order valence-corrected chi connectivity index (χ4v) is 5.46. The average Bonchev–Trinajstić information content (AvgIpc) is 3.14. The van der Waals surface area contributed by atoms with Crippen LogP contribution in [-0.2, 0) is 14.3 Å². The maximum Gasteiger partial charge on any atom is 0.332 e. The average molecular weight is 451 g/mol. The van der Waals surface area contributed by atoms with Crippen LogP contribution in [0.15, 0.2) is 42.5 Å². The van der Waals surface area contributed by atoms with Gasteiger partial charge in [0.05, 0.1) is 30.9 Å². The van der Waals surface area contributed by atoms with Gasteiger partial charge in [0.2, 0.25) is 0 Å². The number of hydrogen-bond donors (Lipinski definition) is 0. The van der Waals surface area contributed by atoms with Gasteiger partial charge in [-0.25, -0.2) is 9.69 Å². The predicted molar refractivity (Wildman–Crippen MR) is 118 cm³/mol. The predicted octanol–water partition coefficient (Wildman–Crippen LogP) is 2.60. The first-order chi connectivity index (χ1) is 15.3. The zero-order valence-electron chi connectivity index (χ0n) is 17.6. The van der Waals surface area contributed by atoms with Gasteiger partial charge in [-0.1, -0.05) is 29.2 Å². The van der Waals surface area contributed by atoms with Crippen molar-refractivity contribution in [2.24, 2.45) is 11.8 Å². The summed E-state index contributed by atoms with van der Waals surface area (Å²) in [4.78, 5) is 43.3. The Morgan fingerprint density at radius 1 is 1.25 bits per heavy atom. The smallest absolute Gasteiger partial charge is 0.332 e. The van der Waals surface area contributed by atoms with Crippen molar-refractivity contribution in [1.29, 1.82) is 0 Å². The number of halogens is 1. The minimum atomic E-state index is -1.44. The lowest BCUT2D eigenvalue weighted by molar-refractivity contribution is -0.154. The van der Waals surface area contributed by atoms with Gasteiger partial charge in [-0.3, -0.25) is 9.59 Å². The summed E-state index contributed by atoms with van der Waals surface area (Å²) in [7, 11) is 6.03. The summed E-state index contributed by atoms with van der Waals surface area (Å²) in [5.74, 6) is -1.77. The third kappa shape index (κ3) is 2.72. The van der Waals surface area contributed by atoms with E-state index in [0.29, 0.717) is 27.5 Å². The molecule has 0 aliphatic carbocycles. The van der Waals surface area contributed by atoms with Gasteiger partial charge in [-0.15, -0.1) is 0 Å². The third-order valence-corrected chi connectivity index (χ3v) is 6.91. The Bertz CT molecular complexity index is 1140. The fraction of sp³-hybridized carbons (Fsp3) is 0.348. The summed E-state index contributed by atoms with van der Waals surface area (Å²) in [6.07, 6.45) is 0. The van der Waals surface area contributed by atoms with Gasteiger partial charge in [-0.05, 0) is 44.2 Å². The maximum absolute atomic E-state index is 13.8. The normalized spacial score (nSPS) is 28.2. The summed E-state index contributed by atoms with van der Waals surface area (Å²) in [5, 5.41) is 0.484. The molecule has 2 aromatic carbocycles. The van der Waals surface area contributed by atoms with Crippen molar-refractivity contribution >= 4 is 48.5 Å². The van der Waals surface area contributed by atoms with Crippen molar-refractivity contribution in [3.63, 3.8) is 0 Å².